The molecule has 6 nitrogen and oxygen atoms in total. The number of nitrogens with zero attached hydrogens (tertiary/aromatic N) is 1. The molecular weight excluding hydrogens is 378 g/mol. The van der Waals surface area contributed by atoms with Gasteiger partial charge in [0.15, 0.2) is 5.78 Å². The lowest BCUT2D eigenvalue weighted by atomic mass is 9.97. The van der Waals surface area contributed by atoms with Gasteiger partial charge in [0, 0.05) is 22.7 Å². The Morgan fingerprint density at radius 3 is 2.61 bits per heavy atom. The Bertz CT molecular complexity index is 886. The summed E-state index contributed by atoms with van der Waals surface area (Å²) in [7, 11) is 0. The molecule has 146 valence electrons. The SMILES string of the molecule is NC(=O)[C@H]1CCCN(CC(=O)Nc2ccc(Cl)cc2C(=O)c2ccccc2)C1. The molecule has 0 aromatic heterocycles. The highest BCUT2D eigenvalue weighted by Gasteiger charge is 2.25. The standard InChI is InChI=1S/C21H22ClN3O3/c22-16-8-9-18(17(11-16)20(27)14-5-2-1-3-6-14)24-19(26)13-25-10-4-7-15(12-25)21(23)28/h1-3,5-6,8-9,11,15H,4,7,10,12-13H2,(H2,23,28)(H,24,26)/t15-/m0/s1. The molecule has 0 bridgehead atoms. The third kappa shape index (κ3) is 4.97. The first kappa shape index (κ1) is 20.0. The molecule has 28 heavy (non-hydrogen) atoms. The number of nitrogens with two attached hydrogens (primary N) is 1. The Kier molecular flexibility index (Phi) is 6.44. The first-order valence-electron chi connectivity index (χ1n) is 9.15. The number of nitrogens with one attached hydrogen (secondary N) is 1. The molecule has 2 aromatic rings. The molecule has 1 aliphatic rings. The number of benzene rings is 2. The first-order valence-corrected chi connectivity index (χ1v) is 9.52. The average Bonchev–Trinajstić information content (AvgIpc) is 2.69. The fraction of sp³-hybridized carbons (Fsp3) is 0.286. The predicted molar refractivity (Wildman–Crippen MR) is 108 cm³/mol. The molecule has 3 N–H and O–H groups in total. The number of primary amides is 1. The summed E-state index contributed by atoms with van der Waals surface area (Å²) in [5, 5.41) is 3.22. The Labute approximate surface area is 168 Å². The van der Waals surface area contributed by atoms with Gasteiger partial charge in [-0.2, -0.15) is 0 Å². The van der Waals surface area contributed by atoms with E-state index in [4.69, 9.17) is 17.3 Å². The lowest BCUT2D eigenvalue weighted by molar-refractivity contribution is -0.125. The number of ketones is 1. The number of hydrogen-bond acceptors (Lipinski definition) is 4. The largest absolute Gasteiger partial charge is 0.369 e. The number of carbonyl (C=O) groups excluding carboxylic acids is 3. The van der Waals surface area contributed by atoms with Crippen molar-refractivity contribution in [1.29, 1.82) is 0 Å². The monoisotopic (exact) mass is 399 g/mol. The summed E-state index contributed by atoms with van der Waals surface area (Å²) < 4.78 is 0. The van der Waals surface area contributed by atoms with Gasteiger partial charge in [0.1, 0.15) is 0 Å². The van der Waals surface area contributed by atoms with E-state index in [1.165, 1.54) is 0 Å². The lowest BCUT2D eigenvalue weighted by Gasteiger charge is -2.30. The van der Waals surface area contributed by atoms with E-state index >= 15 is 0 Å². The van der Waals surface area contributed by atoms with Crippen LogP contribution < -0.4 is 11.1 Å². The van der Waals surface area contributed by atoms with E-state index in [2.05, 4.69) is 5.32 Å². The number of likely N-dealkylation sites (tertiary alicyclic amines) is 1. The van der Waals surface area contributed by atoms with Crippen molar-refractivity contribution in [3.63, 3.8) is 0 Å². The predicted octanol–water partition coefficient (Wildman–Crippen LogP) is 2.71. The van der Waals surface area contributed by atoms with Crippen molar-refractivity contribution in [1.82, 2.24) is 4.90 Å². The smallest absolute Gasteiger partial charge is 0.238 e. The Morgan fingerprint density at radius 2 is 1.89 bits per heavy atom. The molecule has 1 fully saturated rings. The van der Waals surface area contributed by atoms with Crippen LogP contribution in [-0.2, 0) is 9.59 Å². The molecule has 2 amide bonds. The summed E-state index contributed by atoms with van der Waals surface area (Å²) in [6.07, 6.45) is 1.57. The maximum atomic E-state index is 12.8. The van der Waals surface area contributed by atoms with Crippen LogP contribution in [0.2, 0.25) is 5.02 Å². The van der Waals surface area contributed by atoms with Gasteiger partial charge in [-0.15, -0.1) is 0 Å². The molecule has 0 spiro atoms. The van der Waals surface area contributed by atoms with Gasteiger partial charge in [-0.3, -0.25) is 19.3 Å². The molecule has 2 aromatic carbocycles. The van der Waals surface area contributed by atoms with E-state index in [0.29, 0.717) is 28.4 Å². The topological polar surface area (TPSA) is 92.5 Å². The second-order valence-electron chi connectivity index (χ2n) is 6.91. The number of anilines is 1. The number of halogens is 1. The molecule has 0 radical (unpaired) electrons. The van der Waals surface area contributed by atoms with Crippen LogP contribution in [0.15, 0.2) is 48.5 Å². The quantitative estimate of drug-likeness (QED) is 0.730. The zero-order valence-corrected chi connectivity index (χ0v) is 16.1. The summed E-state index contributed by atoms with van der Waals surface area (Å²) >= 11 is 6.07. The number of amides is 2. The molecule has 0 unspecified atom stereocenters. The molecule has 3 rings (SSSR count). The zero-order valence-electron chi connectivity index (χ0n) is 15.4. The molecule has 1 aliphatic heterocycles. The highest BCUT2D eigenvalue weighted by atomic mass is 35.5. The van der Waals surface area contributed by atoms with Crippen LogP contribution in [0.1, 0.15) is 28.8 Å². The van der Waals surface area contributed by atoms with Gasteiger partial charge < -0.3 is 11.1 Å². The minimum Gasteiger partial charge on any atom is -0.369 e. The minimum absolute atomic E-state index is 0.130. The van der Waals surface area contributed by atoms with E-state index < -0.39 is 0 Å². The normalized spacial score (nSPS) is 17.1. The van der Waals surface area contributed by atoms with Crippen molar-refractivity contribution in [2.24, 2.45) is 11.7 Å². The van der Waals surface area contributed by atoms with Crippen molar-refractivity contribution < 1.29 is 14.4 Å². The first-order chi connectivity index (χ1) is 13.4. The van der Waals surface area contributed by atoms with Crippen LogP contribution in [0.4, 0.5) is 5.69 Å². The maximum absolute atomic E-state index is 12.8. The number of piperidine rings is 1. The fourth-order valence-corrected chi connectivity index (χ4v) is 3.55. The van der Waals surface area contributed by atoms with E-state index in [1.54, 1.807) is 42.5 Å². The summed E-state index contributed by atoms with van der Waals surface area (Å²) in [6, 6.07) is 13.6. The molecule has 1 atom stereocenters. The number of rotatable bonds is 6. The van der Waals surface area contributed by atoms with Crippen LogP contribution in [0.3, 0.4) is 0 Å². The zero-order chi connectivity index (χ0) is 20.1. The highest BCUT2D eigenvalue weighted by molar-refractivity contribution is 6.31. The Hall–Kier alpha value is -2.70. The van der Waals surface area contributed by atoms with Crippen molar-refractivity contribution in [2.45, 2.75) is 12.8 Å². The minimum atomic E-state index is -0.335. The molecule has 0 aliphatic carbocycles. The Balaban J connectivity index is 1.72. The van der Waals surface area contributed by atoms with Crippen molar-refractivity contribution in [3.8, 4) is 0 Å². The van der Waals surface area contributed by atoms with Crippen molar-refractivity contribution >= 4 is 34.9 Å². The van der Waals surface area contributed by atoms with Gasteiger partial charge in [-0.1, -0.05) is 41.9 Å². The summed E-state index contributed by atoms with van der Waals surface area (Å²) in [6.45, 7) is 1.33. The van der Waals surface area contributed by atoms with Gasteiger partial charge in [0.25, 0.3) is 0 Å². The maximum Gasteiger partial charge on any atom is 0.238 e. The Morgan fingerprint density at radius 1 is 1.14 bits per heavy atom. The molecule has 7 heteroatoms. The van der Waals surface area contributed by atoms with Crippen LogP contribution in [0.5, 0.6) is 0 Å². The van der Waals surface area contributed by atoms with E-state index in [-0.39, 0.29) is 30.1 Å². The number of carbonyl (C=O) groups is 3. The summed E-state index contributed by atoms with van der Waals surface area (Å²) in [5.74, 6) is -1.04. The average molecular weight is 400 g/mol. The van der Waals surface area contributed by atoms with Gasteiger partial charge in [-0.05, 0) is 37.6 Å². The van der Waals surface area contributed by atoms with Crippen LogP contribution in [0, 0.1) is 5.92 Å². The van der Waals surface area contributed by atoms with Gasteiger partial charge in [-0.25, -0.2) is 0 Å². The second-order valence-corrected chi connectivity index (χ2v) is 7.35. The highest BCUT2D eigenvalue weighted by Crippen LogP contribution is 2.24. The summed E-state index contributed by atoms with van der Waals surface area (Å²) in [4.78, 5) is 38.7. The molecule has 1 heterocycles. The molecule has 0 saturated carbocycles. The summed E-state index contributed by atoms with van der Waals surface area (Å²) in [5.41, 5.74) is 6.65. The van der Waals surface area contributed by atoms with E-state index in [1.807, 2.05) is 11.0 Å². The molecule has 1 saturated heterocycles. The second kappa shape index (κ2) is 8.99. The van der Waals surface area contributed by atoms with Crippen molar-refractivity contribution in [3.05, 3.63) is 64.7 Å². The van der Waals surface area contributed by atoms with Crippen LogP contribution in [0.25, 0.3) is 0 Å². The van der Waals surface area contributed by atoms with E-state index in [0.717, 1.165) is 19.4 Å². The third-order valence-electron chi connectivity index (χ3n) is 4.81. The van der Waals surface area contributed by atoms with Crippen LogP contribution in [-0.4, -0.2) is 42.1 Å². The van der Waals surface area contributed by atoms with E-state index in [9.17, 15) is 14.4 Å². The lowest BCUT2D eigenvalue weighted by Crippen LogP contribution is -2.44. The number of hydrogen-bond donors (Lipinski definition) is 2. The van der Waals surface area contributed by atoms with Gasteiger partial charge in [0.05, 0.1) is 18.2 Å². The third-order valence-corrected chi connectivity index (χ3v) is 5.05. The van der Waals surface area contributed by atoms with Crippen molar-refractivity contribution in [2.75, 3.05) is 25.0 Å². The fourth-order valence-electron chi connectivity index (χ4n) is 3.38. The van der Waals surface area contributed by atoms with Gasteiger partial charge >= 0.3 is 0 Å². The molecular formula is C21H22ClN3O3. The van der Waals surface area contributed by atoms with Crippen LogP contribution >= 0.6 is 11.6 Å². The van der Waals surface area contributed by atoms with Gasteiger partial charge in [0.2, 0.25) is 11.8 Å².